The van der Waals surface area contributed by atoms with Gasteiger partial charge in [0.2, 0.25) is 0 Å². The quantitative estimate of drug-likeness (QED) is 0.579. The molecule has 0 heterocycles. The van der Waals surface area contributed by atoms with Gasteiger partial charge in [-0.2, -0.15) is 13.2 Å². The van der Waals surface area contributed by atoms with Crippen LogP contribution in [0, 0.1) is 6.07 Å². The van der Waals surface area contributed by atoms with Crippen LogP contribution in [0.5, 0.6) is 0 Å². The Hall–Kier alpha value is -2.73. The largest absolute Gasteiger partial charge is 0.417 e. The third-order valence-electron chi connectivity index (χ3n) is 3.50. The maximum Gasteiger partial charge on any atom is 0.417 e. The minimum atomic E-state index is -4.60. The van der Waals surface area contributed by atoms with E-state index in [9.17, 15) is 18.0 Å². The number of halogens is 4. The summed E-state index contributed by atoms with van der Waals surface area (Å²) in [6.07, 6.45) is -4.60. The molecule has 3 nitrogen and oxygen atoms in total. The van der Waals surface area contributed by atoms with Gasteiger partial charge in [0.15, 0.2) is 0 Å². The second-order valence-corrected chi connectivity index (χ2v) is 5.63. The van der Waals surface area contributed by atoms with Gasteiger partial charge < -0.3 is 10.6 Å². The van der Waals surface area contributed by atoms with Crippen molar-refractivity contribution in [2.24, 2.45) is 0 Å². The summed E-state index contributed by atoms with van der Waals surface area (Å²) in [6.45, 7) is 0. The van der Waals surface area contributed by atoms with Crippen LogP contribution in [0.3, 0.4) is 0 Å². The molecule has 0 aliphatic carbocycles. The van der Waals surface area contributed by atoms with Crippen molar-refractivity contribution < 1.29 is 18.0 Å². The number of urea groups is 1. The van der Waals surface area contributed by atoms with Crippen molar-refractivity contribution in [1.29, 1.82) is 0 Å². The average Bonchev–Trinajstić information content (AvgIpc) is 2.56. The number of nitrogens with one attached hydrogen (secondary N) is 2. The molecule has 0 aliphatic rings. The van der Waals surface area contributed by atoms with E-state index in [0.29, 0.717) is 5.69 Å². The molecule has 0 bridgehead atoms. The van der Waals surface area contributed by atoms with Gasteiger partial charge in [0, 0.05) is 11.1 Å². The summed E-state index contributed by atoms with van der Waals surface area (Å²) < 4.78 is 38.6. The smallest absolute Gasteiger partial charge is 0.308 e. The number of fused-ring (bicyclic) bond motifs is 1. The van der Waals surface area contributed by atoms with Gasteiger partial charge in [0.25, 0.3) is 0 Å². The number of anilines is 2. The molecule has 2 N–H and O–H groups in total. The molecule has 3 aromatic rings. The predicted molar refractivity (Wildman–Crippen MR) is 91.9 cm³/mol. The number of hydrogen-bond acceptors (Lipinski definition) is 1. The van der Waals surface area contributed by atoms with Crippen LogP contribution < -0.4 is 10.6 Å². The number of amides is 2. The molecule has 0 fully saturated rings. The lowest BCUT2D eigenvalue weighted by Gasteiger charge is -2.13. The molecule has 7 heteroatoms. The monoisotopic (exact) mass is 363 g/mol. The maximum absolute atomic E-state index is 12.9. The molecule has 0 aromatic heterocycles. The van der Waals surface area contributed by atoms with E-state index < -0.39 is 22.8 Å². The van der Waals surface area contributed by atoms with Crippen LogP contribution in [0.1, 0.15) is 5.56 Å². The zero-order valence-corrected chi connectivity index (χ0v) is 13.4. The van der Waals surface area contributed by atoms with Crippen LogP contribution >= 0.6 is 11.6 Å². The summed E-state index contributed by atoms with van der Waals surface area (Å²) in [5, 5.41) is 6.25. The first-order valence-electron chi connectivity index (χ1n) is 7.18. The topological polar surface area (TPSA) is 41.1 Å². The van der Waals surface area contributed by atoms with Gasteiger partial charge in [0.05, 0.1) is 16.3 Å². The van der Waals surface area contributed by atoms with Gasteiger partial charge in [-0.15, -0.1) is 0 Å². The molecule has 0 atom stereocenters. The molecule has 1 radical (unpaired) electrons. The molecule has 0 aliphatic heterocycles. The Morgan fingerprint density at radius 3 is 2.64 bits per heavy atom. The Morgan fingerprint density at radius 1 is 1.08 bits per heavy atom. The molecule has 127 valence electrons. The van der Waals surface area contributed by atoms with Crippen molar-refractivity contribution in [3.05, 3.63) is 71.2 Å². The minimum Gasteiger partial charge on any atom is -0.308 e. The van der Waals surface area contributed by atoms with E-state index >= 15 is 0 Å². The lowest BCUT2D eigenvalue weighted by molar-refractivity contribution is -0.137. The van der Waals surface area contributed by atoms with E-state index in [1.807, 2.05) is 12.1 Å². The van der Waals surface area contributed by atoms with Gasteiger partial charge in [-0.1, -0.05) is 35.9 Å². The number of rotatable bonds is 2. The molecular weight excluding hydrogens is 353 g/mol. The number of carbonyl (C=O) groups is 1. The molecule has 0 saturated heterocycles. The van der Waals surface area contributed by atoms with Crippen LogP contribution in [0.2, 0.25) is 5.02 Å². The maximum atomic E-state index is 12.9. The van der Waals surface area contributed by atoms with Crippen molar-refractivity contribution in [3.8, 4) is 0 Å². The summed E-state index contributed by atoms with van der Waals surface area (Å²) in [6, 6.07) is 16.1. The van der Waals surface area contributed by atoms with E-state index in [1.54, 1.807) is 24.3 Å². The Morgan fingerprint density at radius 2 is 1.88 bits per heavy atom. The zero-order chi connectivity index (χ0) is 18.0. The lowest BCUT2D eigenvalue weighted by Crippen LogP contribution is -2.20. The highest BCUT2D eigenvalue weighted by atomic mass is 35.5. The highest BCUT2D eigenvalue weighted by molar-refractivity contribution is 6.31. The average molecular weight is 364 g/mol. The van der Waals surface area contributed by atoms with E-state index in [2.05, 4.69) is 16.7 Å². The Labute approximate surface area is 146 Å². The summed E-state index contributed by atoms with van der Waals surface area (Å²) in [5.41, 5.74) is -0.496. The normalized spacial score (nSPS) is 11.4. The number of carbonyl (C=O) groups excluding carboxylic acids is 1. The fraction of sp³-hybridized carbons (Fsp3) is 0.0556. The first-order chi connectivity index (χ1) is 11.8. The SMILES string of the molecule is O=C(Nc1ccc(Cl)c(C(F)(F)F)c1)Nc1cccc2cc[c]cc12. The number of alkyl halides is 3. The highest BCUT2D eigenvalue weighted by Gasteiger charge is 2.33. The van der Waals surface area contributed by atoms with Crippen LogP contribution in [0.4, 0.5) is 29.3 Å². The van der Waals surface area contributed by atoms with Crippen molar-refractivity contribution in [1.82, 2.24) is 0 Å². The van der Waals surface area contributed by atoms with Gasteiger partial charge in [-0.3, -0.25) is 0 Å². The molecule has 0 spiro atoms. The fourth-order valence-corrected chi connectivity index (χ4v) is 2.60. The molecule has 3 aromatic carbocycles. The fourth-order valence-electron chi connectivity index (χ4n) is 2.37. The van der Waals surface area contributed by atoms with Crippen LogP contribution in [-0.2, 0) is 6.18 Å². The molecular formula is C18H11ClF3N2O. The summed E-state index contributed by atoms with van der Waals surface area (Å²) >= 11 is 5.56. The predicted octanol–water partition coefficient (Wildman–Crippen LogP) is 5.96. The second kappa shape index (κ2) is 6.64. The van der Waals surface area contributed by atoms with E-state index in [-0.39, 0.29) is 5.69 Å². The number of benzene rings is 3. The molecule has 3 rings (SSSR count). The Balaban J connectivity index is 1.81. The first kappa shape index (κ1) is 17.1. The second-order valence-electron chi connectivity index (χ2n) is 5.22. The highest BCUT2D eigenvalue weighted by Crippen LogP contribution is 2.36. The summed E-state index contributed by atoms with van der Waals surface area (Å²) in [4.78, 5) is 12.1. The molecule has 25 heavy (non-hydrogen) atoms. The molecule has 2 amide bonds. The van der Waals surface area contributed by atoms with Crippen molar-refractivity contribution >= 4 is 39.8 Å². The summed E-state index contributed by atoms with van der Waals surface area (Å²) in [5.74, 6) is 0. The van der Waals surface area contributed by atoms with Gasteiger partial charge in [-0.05, 0) is 41.8 Å². The van der Waals surface area contributed by atoms with Gasteiger partial charge in [0.1, 0.15) is 0 Å². The van der Waals surface area contributed by atoms with Crippen molar-refractivity contribution in [2.75, 3.05) is 10.6 Å². The zero-order valence-electron chi connectivity index (χ0n) is 12.6. The number of hydrogen-bond donors (Lipinski definition) is 2. The van der Waals surface area contributed by atoms with Gasteiger partial charge >= 0.3 is 12.2 Å². The molecule has 0 saturated carbocycles. The van der Waals surface area contributed by atoms with Crippen molar-refractivity contribution in [2.45, 2.75) is 6.18 Å². The standard InChI is InChI=1S/C18H11ClF3N2O/c19-15-9-8-12(10-14(15)18(20,21)22)23-17(25)24-16-7-3-5-11-4-1-2-6-13(11)16/h1,3-10H,(H2,23,24,25). The Bertz CT molecular complexity index is 936. The van der Waals surface area contributed by atoms with E-state index in [4.69, 9.17) is 11.6 Å². The van der Waals surface area contributed by atoms with Crippen LogP contribution in [-0.4, -0.2) is 6.03 Å². The molecule has 0 unspecified atom stereocenters. The van der Waals surface area contributed by atoms with Crippen molar-refractivity contribution in [3.63, 3.8) is 0 Å². The van der Waals surface area contributed by atoms with Crippen LogP contribution in [0.15, 0.2) is 54.6 Å². The minimum absolute atomic E-state index is 0.0129. The van der Waals surface area contributed by atoms with E-state index in [0.717, 1.165) is 22.9 Å². The van der Waals surface area contributed by atoms with Crippen LogP contribution in [0.25, 0.3) is 10.8 Å². The van der Waals surface area contributed by atoms with E-state index in [1.165, 1.54) is 6.07 Å². The van der Waals surface area contributed by atoms with Gasteiger partial charge in [-0.25, -0.2) is 4.79 Å². The third-order valence-corrected chi connectivity index (χ3v) is 3.83. The first-order valence-corrected chi connectivity index (χ1v) is 7.56. The third kappa shape index (κ3) is 3.85. The summed E-state index contributed by atoms with van der Waals surface area (Å²) in [7, 11) is 0. The Kier molecular flexibility index (Phi) is 4.55. The lowest BCUT2D eigenvalue weighted by atomic mass is 10.1.